The molecule has 0 aliphatic carbocycles. The second kappa shape index (κ2) is 4.42. The van der Waals surface area contributed by atoms with Gasteiger partial charge in [0.05, 0.1) is 5.39 Å². The Morgan fingerprint density at radius 3 is 2.30 bits per heavy atom. The standard InChI is InChI=1S/C16H14N2O2/c1-9-15(19)13-8-12(18)6-7-14(13)20-16(9)10-2-4-11(17)5-3-10/h2-8H,17-18H2,1H3. The summed E-state index contributed by atoms with van der Waals surface area (Å²) < 4.78 is 5.86. The van der Waals surface area contributed by atoms with Crippen molar-refractivity contribution >= 4 is 22.3 Å². The van der Waals surface area contributed by atoms with Gasteiger partial charge >= 0.3 is 0 Å². The highest BCUT2D eigenvalue weighted by Crippen LogP contribution is 2.26. The van der Waals surface area contributed by atoms with Crippen molar-refractivity contribution in [1.82, 2.24) is 0 Å². The van der Waals surface area contributed by atoms with Gasteiger partial charge in [-0.3, -0.25) is 4.79 Å². The van der Waals surface area contributed by atoms with Gasteiger partial charge in [-0.25, -0.2) is 0 Å². The average molecular weight is 266 g/mol. The van der Waals surface area contributed by atoms with Gasteiger partial charge in [-0.2, -0.15) is 0 Å². The fourth-order valence-corrected chi connectivity index (χ4v) is 2.22. The second-order valence-electron chi connectivity index (χ2n) is 4.76. The van der Waals surface area contributed by atoms with Crippen molar-refractivity contribution in [2.24, 2.45) is 0 Å². The van der Waals surface area contributed by atoms with E-state index in [4.69, 9.17) is 15.9 Å². The molecule has 0 bridgehead atoms. The number of hydrogen-bond acceptors (Lipinski definition) is 4. The molecule has 2 aromatic carbocycles. The van der Waals surface area contributed by atoms with Gasteiger partial charge in [-0.15, -0.1) is 0 Å². The van der Waals surface area contributed by atoms with E-state index in [0.717, 1.165) is 5.56 Å². The molecule has 0 saturated heterocycles. The number of nitrogens with two attached hydrogens (primary N) is 2. The summed E-state index contributed by atoms with van der Waals surface area (Å²) in [6, 6.07) is 12.3. The molecule has 0 radical (unpaired) electrons. The first-order valence-electron chi connectivity index (χ1n) is 6.25. The number of benzene rings is 2. The van der Waals surface area contributed by atoms with Crippen molar-refractivity contribution in [3.63, 3.8) is 0 Å². The molecule has 1 heterocycles. The molecule has 4 nitrogen and oxygen atoms in total. The summed E-state index contributed by atoms with van der Waals surface area (Å²) in [5.41, 5.74) is 14.5. The van der Waals surface area contributed by atoms with Crippen molar-refractivity contribution in [2.45, 2.75) is 6.92 Å². The van der Waals surface area contributed by atoms with E-state index in [1.54, 1.807) is 37.3 Å². The van der Waals surface area contributed by atoms with Crippen molar-refractivity contribution in [3.8, 4) is 11.3 Å². The van der Waals surface area contributed by atoms with Crippen LogP contribution in [0, 0.1) is 6.92 Å². The second-order valence-corrected chi connectivity index (χ2v) is 4.76. The molecule has 4 N–H and O–H groups in total. The first-order valence-corrected chi connectivity index (χ1v) is 6.25. The van der Waals surface area contributed by atoms with Crippen LogP contribution < -0.4 is 16.9 Å². The molecule has 100 valence electrons. The molecule has 0 aliphatic rings. The Morgan fingerprint density at radius 2 is 1.60 bits per heavy atom. The predicted molar refractivity (Wildman–Crippen MR) is 81.5 cm³/mol. The first-order chi connectivity index (χ1) is 9.56. The third-order valence-electron chi connectivity index (χ3n) is 3.31. The van der Waals surface area contributed by atoms with Gasteiger partial charge in [0.15, 0.2) is 5.43 Å². The van der Waals surface area contributed by atoms with Crippen LogP contribution in [0.15, 0.2) is 51.7 Å². The molecule has 0 amide bonds. The van der Waals surface area contributed by atoms with Crippen LogP contribution >= 0.6 is 0 Å². The quantitative estimate of drug-likeness (QED) is 0.663. The smallest absolute Gasteiger partial charge is 0.196 e. The van der Waals surface area contributed by atoms with Gasteiger partial charge in [-0.1, -0.05) is 0 Å². The highest BCUT2D eigenvalue weighted by atomic mass is 16.3. The molecular formula is C16H14N2O2. The molecule has 4 heteroatoms. The normalized spacial score (nSPS) is 10.8. The van der Waals surface area contributed by atoms with E-state index >= 15 is 0 Å². The summed E-state index contributed by atoms with van der Waals surface area (Å²) >= 11 is 0. The zero-order valence-electron chi connectivity index (χ0n) is 11.0. The van der Waals surface area contributed by atoms with E-state index in [-0.39, 0.29) is 5.43 Å². The van der Waals surface area contributed by atoms with E-state index in [0.29, 0.717) is 33.7 Å². The van der Waals surface area contributed by atoms with E-state index in [1.807, 2.05) is 12.1 Å². The number of fused-ring (bicyclic) bond motifs is 1. The minimum atomic E-state index is -0.0645. The zero-order valence-corrected chi connectivity index (χ0v) is 11.0. The number of anilines is 2. The zero-order chi connectivity index (χ0) is 14.3. The van der Waals surface area contributed by atoms with E-state index in [2.05, 4.69) is 0 Å². The van der Waals surface area contributed by atoms with Crippen LogP contribution in [0.3, 0.4) is 0 Å². The Kier molecular flexibility index (Phi) is 2.71. The third kappa shape index (κ3) is 1.91. The lowest BCUT2D eigenvalue weighted by molar-refractivity contribution is 0.614. The Hall–Kier alpha value is -2.75. The molecule has 0 spiro atoms. The van der Waals surface area contributed by atoms with Crippen LogP contribution in [-0.2, 0) is 0 Å². The minimum absolute atomic E-state index is 0.0645. The van der Waals surface area contributed by atoms with Crippen molar-refractivity contribution in [1.29, 1.82) is 0 Å². The Morgan fingerprint density at radius 1 is 0.950 bits per heavy atom. The Bertz CT molecular complexity index is 849. The van der Waals surface area contributed by atoms with E-state index in [9.17, 15) is 4.79 Å². The van der Waals surface area contributed by atoms with Gasteiger partial charge in [0.2, 0.25) is 0 Å². The molecule has 0 saturated carbocycles. The van der Waals surface area contributed by atoms with Gasteiger partial charge in [0.25, 0.3) is 0 Å². The average Bonchev–Trinajstić information content (AvgIpc) is 2.44. The molecule has 20 heavy (non-hydrogen) atoms. The van der Waals surface area contributed by atoms with E-state index in [1.165, 1.54) is 0 Å². The van der Waals surface area contributed by atoms with Gasteiger partial charge in [0, 0.05) is 22.5 Å². The molecule has 0 unspecified atom stereocenters. The highest BCUT2D eigenvalue weighted by molar-refractivity contribution is 5.83. The van der Waals surface area contributed by atoms with Crippen LogP contribution in [0.2, 0.25) is 0 Å². The predicted octanol–water partition coefficient (Wildman–Crippen LogP) is 2.93. The lowest BCUT2D eigenvalue weighted by atomic mass is 10.1. The lowest BCUT2D eigenvalue weighted by Gasteiger charge is -2.07. The topological polar surface area (TPSA) is 82.2 Å². The van der Waals surface area contributed by atoms with Crippen LogP contribution in [0.5, 0.6) is 0 Å². The van der Waals surface area contributed by atoms with Gasteiger partial charge in [0.1, 0.15) is 11.3 Å². The molecular weight excluding hydrogens is 252 g/mol. The molecule has 3 rings (SSSR count). The van der Waals surface area contributed by atoms with Crippen molar-refractivity contribution in [3.05, 3.63) is 58.3 Å². The Balaban J connectivity index is 2.32. The van der Waals surface area contributed by atoms with Gasteiger partial charge in [-0.05, 0) is 49.4 Å². The molecule has 0 fully saturated rings. The van der Waals surface area contributed by atoms with Gasteiger partial charge < -0.3 is 15.9 Å². The fraction of sp³-hybridized carbons (Fsp3) is 0.0625. The van der Waals surface area contributed by atoms with Crippen LogP contribution in [-0.4, -0.2) is 0 Å². The largest absolute Gasteiger partial charge is 0.456 e. The van der Waals surface area contributed by atoms with Crippen molar-refractivity contribution < 1.29 is 4.42 Å². The molecule has 0 aliphatic heterocycles. The maximum Gasteiger partial charge on any atom is 0.196 e. The first kappa shape index (κ1) is 12.3. The monoisotopic (exact) mass is 266 g/mol. The van der Waals surface area contributed by atoms with Crippen molar-refractivity contribution in [2.75, 3.05) is 11.5 Å². The van der Waals surface area contributed by atoms with Crippen LogP contribution in [0.4, 0.5) is 11.4 Å². The fourth-order valence-electron chi connectivity index (χ4n) is 2.22. The summed E-state index contributed by atoms with van der Waals surface area (Å²) in [5.74, 6) is 0.562. The molecule has 1 aromatic heterocycles. The third-order valence-corrected chi connectivity index (χ3v) is 3.31. The van der Waals surface area contributed by atoms with Crippen LogP contribution in [0.25, 0.3) is 22.3 Å². The maximum atomic E-state index is 12.4. The Labute approximate surface area is 115 Å². The molecule has 0 atom stereocenters. The number of nitrogen functional groups attached to an aromatic ring is 2. The minimum Gasteiger partial charge on any atom is -0.456 e. The number of hydrogen-bond donors (Lipinski definition) is 2. The summed E-state index contributed by atoms with van der Waals surface area (Å²) in [6.07, 6.45) is 0. The maximum absolute atomic E-state index is 12.4. The van der Waals surface area contributed by atoms with E-state index < -0.39 is 0 Å². The molecule has 3 aromatic rings. The summed E-state index contributed by atoms with van der Waals surface area (Å²) in [5, 5.41) is 0.502. The SMILES string of the molecule is Cc1c(-c2ccc(N)cc2)oc2ccc(N)cc2c1=O. The summed E-state index contributed by atoms with van der Waals surface area (Å²) in [6.45, 7) is 1.75. The highest BCUT2D eigenvalue weighted by Gasteiger charge is 2.12. The number of rotatable bonds is 1. The summed E-state index contributed by atoms with van der Waals surface area (Å²) in [7, 11) is 0. The van der Waals surface area contributed by atoms with Crippen LogP contribution in [0.1, 0.15) is 5.56 Å². The lowest BCUT2D eigenvalue weighted by Crippen LogP contribution is -2.07. The summed E-state index contributed by atoms with van der Waals surface area (Å²) in [4.78, 5) is 12.4.